The number of carbonyl (C=O) groups is 3. The molecule has 2 saturated carbocycles. The summed E-state index contributed by atoms with van der Waals surface area (Å²) in [6, 6.07) is 29.2. The Bertz CT molecular complexity index is 2390. The molecule has 0 bridgehead atoms. The number of carbonyl (C=O) groups excluding carboxylic acids is 3. The molecule has 2 heterocycles. The van der Waals surface area contributed by atoms with Crippen LogP contribution in [0, 0.1) is 0 Å². The lowest BCUT2D eigenvalue weighted by atomic mass is 9.97. The zero-order valence-corrected chi connectivity index (χ0v) is 36.5. The molecule has 62 heavy (non-hydrogen) atoms. The van der Waals surface area contributed by atoms with Crippen LogP contribution in [0.2, 0.25) is 10.0 Å². The van der Waals surface area contributed by atoms with E-state index < -0.39 is 0 Å². The minimum atomic E-state index is -0.375. The van der Waals surface area contributed by atoms with Crippen molar-refractivity contribution in [3.05, 3.63) is 140 Å². The van der Waals surface area contributed by atoms with E-state index in [1.807, 2.05) is 77.5 Å². The van der Waals surface area contributed by atoms with Crippen LogP contribution in [0.5, 0.6) is 0 Å². The molecule has 15 heteroatoms. The average Bonchev–Trinajstić information content (AvgIpc) is 3.98. The van der Waals surface area contributed by atoms with Crippen LogP contribution in [-0.2, 0) is 9.47 Å². The Hall–Kier alpha value is -5.44. The fraction of sp³-hybridized carbons (Fsp3) is 0.277. The van der Waals surface area contributed by atoms with Crippen LogP contribution in [-0.4, -0.2) is 46.6 Å². The third-order valence-corrected chi connectivity index (χ3v) is 12.1. The third-order valence-electron chi connectivity index (χ3n) is 9.94. The molecular weight excluding hydrogens is 864 g/mol. The summed E-state index contributed by atoms with van der Waals surface area (Å²) in [5.74, 6) is 4.58. The van der Waals surface area contributed by atoms with Crippen LogP contribution in [0.4, 0.5) is 10.3 Å². The Morgan fingerprint density at radius 3 is 1.56 bits per heavy atom. The first-order valence-corrected chi connectivity index (χ1v) is 22.6. The Labute approximate surface area is 380 Å². The molecule has 6 aromatic rings. The number of hydrazone groups is 1. The number of hydrazine groups is 1. The third kappa shape index (κ3) is 13.8. The van der Waals surface area contributed by atoms with Crippen molar-refractivity contribution in [2.45, 2.75) is 83.8 Å². The largest absolute Gasteiger partial charge is 0.459 e. The van der Waals surface area contributed by atoms with Crippen molar-refractivity contribution in [1.29, 1.82) is 0 Å². The summed E-state index contributed by atoms with van der Waals surface area (Å²) in [6.07, 6.45) is 13.0. The standard InChI is InChI=1S/C23H22ClN3O2S.C14H16O3.C9H8ClN3S.CH4/c24-20-13-7-6-12-19(20)21-15-30-23(26-21)27-25-14-16-8-4-5-11-18(16)22(28)29-17-9-2-1-3-10-17;15-10-11-6-4-5-9-13(11)14(16)17-12-7-2-1-3-8-12;10-7-4-2-1-3-6(7)8-5-14-9(12-8)13-11;/h4-8,11-15,17H,1-3,9-10H2,(H,26,27);4-6,9-10,12H,1-3,7-8H2;1-5H,11H2,(H,12,13);1H4/b25-14+;;;. The van der Waals surface area contributed by atoms with Crippen LogP contribution in [0.3, 0.4) is 0 Å². The molecule has 0 aliphatic heterocycles. The number of benzene rings is 4. The van der Waals surface area contributed by atoms with Crippen molar-refractivity contribution >= 4 is 80.6 Å². The normalized spacial score (nSPS) is 13.9. The number of nitrogen functional groups attached to an aromatic ring is 1. The predicted molar refractivity (Wildman–Crippen MR) is 254 cm³/mol. The maximum atomic E-state index is 12.6. The van der Waals surface area contributed by atoms with E-state index >= 15 is 0 Å². The summed E-state index contributed by atoms with van der Waals surface area (Å²) in [6.45, 7) is 0. The smallest absolute Gasteiger partial charge is 0.339 e. The summed E-state index contributed by atoms with van der Waals surface area (Å²) in [4.78, 5) is 44.1. The summed E-state index contributed by atoms with van der Waals surface area (Å²) in [7, 11) is 0. The number of aromatic nitrogens is 2. The molecule has 0 amide bonds. The zero-order valence-electron chi connectivity index (χ0n) is 33.3. The van der Waals surface area contributed by atoms with Gasteiger partial charge in [-0.2, -0.15) is 5.10 Å². The first-order valence-electron chi connectivity index (χ1n) is 20.0. The quantitative estimate of drug-likeness (QED) is 0.0376. The highest BCUT2D eigenvalue weighted by molar-refractivity contribution is 7.14. The molecule has 2 fully saturated rings. The van der Waals surface area contributed by atoms with Crippen molar-refractivity contribution in [2.24, 2.45) is 10.9 Å². The number of hydrogen-bond donors (Lipinski definition) is 3. The zero-order chi connectivity index (χ0) is 42.8. The van der Waals surface area contributed by atoms with Crippen molar-refractivity contribution in [2.75, 3.05) is 10.9 Å². The molecule has 0 spiro atoms. The molecule has 0 radical (unpaired) electrons. The number of nitrogens with two attached hydrogens (primary N) is 1. The summed E-state index contributed by atoms with van der Waals surface area (Å²) in [5, 5.41) is 10.8. The number of aldehydes is 1. The van der Waals surface area contributed by atoms with E-state index in [0.717, 1.165) is 73.9 Å². The Kier molecular flexibility index (Phi) is 19.1. The monoisotopic (exact) mass is 912 g/mol. The number of hydrogen-bond acceptors (Lipinski definition) is 13. The van der Waals surface area contributed by atoms with Gasteiger partial charge in [0, 0.05) is 43.1 Å². The van der Waals surface area contributed by atoms with Gasteiger partial charge in [-0.3, -0.25) is 15.6 Å². The second-order valence-corrected chi connectivity index (χ2v) is 16.7. The molecule has 4 aromatic carbocycles. The van der Waals surface area contributed by atoms with E-state index in [2.05, 4.69) is 25.9 Å². The minimum absolute atomic E-state index is 0. The van der Waals surface area contributed by atoms with Gasteiger partial charge in [0.2, 0.25) is 5.13 Å². The van der Waals surface area contributed by atoms with Crippen LogP contribution in [0.1, 0.15) is 108 Å². The number of halogens is 2. The highest BCUT2D eigenvalue weighted by Crippen LogP contribution is 2.31. The van der Waals surface area contributed by atoms with Gasteiger partial charge in [-0.25, -0.2) is 25.4 Å². The van der Waals surface area contributed by atoms with Crippen molar-refractivity contribution in [3.8, 4) is 22.5 Å². The molecule has 11 nitrogen and oxygen atoms in total. The molecule has 2 aromatic heterocycles. The number of nitrogens with zero attached hydrogens (tertiary/aromatic N) is 3. The van der Waals surface area contributed by atoms with E-state index in [1.54, 1.807) is 36.5 Å². The number of anilines is 2. The topological polar surface area (TPSA) is 158 Å². The van der Waals surface area contributed by atoms with Crippen LogP contribution >= 0.6 is 45.9 Å². The number of nitrogens with one attached hydrogen (secondary N) is 2. The highest BCUT2D eigenvalue weighted by atomic mass is 35.5. The molecule has 0 atom stereocenters. The summed E-state index contributed by atoms with van der Waals surface area (Å²) >= 11 is 15.1. The second kappa shape index (κ2) is 24.9. The Morgan fingerprint density at radius 2 is 1.08 bits per heavy atom. The molecule has 2 aliphatic carbocycles. The molecule has 0 saturated heterocycles. The summed E-state index contributed by atoms with van der Waals surface area (Å²) < 4.78 is 11.1. The summed E-state index contributed by atoms with van der Waals surface area (Å²) in [5.41, 5.74) is 10.9. The lowest BCUT2D eigenvalue weighted by molar-refractivity contribution is 0.0201. The fourth-order valence-electron chi connectivity index (χ4n) is 6.78. The van der Waals surface area contributed by atoms with Gasteiger partial charge in [0.1, 0.15) is 12.2 Å². The lowest BCUT2D eigenvalue weighted by Gasteiger charge is -2.22. The van der Waals surface area contributed by atoms with Gasteiger partial charge in [0.25, 0.3) is 0 Å². The van der Waals surface area contributed by atoms with Gasteiger partial charge >= 0.3 is 11.9 Å². The number of ether oxygens (including phenoxy) is 2. The molecule has 4 N–H and O–H groups in total. The van der Waals surface area contributed by atoms with Gasteiger partial charge < -0.3 is 9.47 Å². The molecular formula is C47H50Cl2N6O5S2. The van der Waals surface area contributed by atoms with Gasteiger partial charge in [-0.1, -0.05) is 116 Å². The Morgan fingerprint density at radius 1 is 0.645 bits per heavy atom. The second-order valence-electron chi connectivity index (χ2n) is 14.2. The van der Waals surface area contributed by atoms with E-state index in [1.165, 1.54) is 35.5 Å². The molecule has 2 aliphatic rings. The number of thiazole rings is 2. The number of esters is 2. The minimum Gasteiger partial charge on any atom is -0.459 e. The van der Waals surface area contributed by atoms with Crippen molar-refractivity contribution < 1.29 is 23.9 Å². The van der Waals surface area contributed by atoms with Gasteiger partial charge in [0.15, 0.2) is 11.4 Å². The van der Waals surface area contributed by atoms with Crippen LogP contribution in [0.15, 0.2) is 113 Å². The predicted octanol–water partition coefficient (Wildman–Crippen LogP) is 12.8. The van der Waals surface area contributed by atoms with Gasteiger partial charge in [0.05, 0.1) is 28.7 Å². The number of rotatable bonds is 11. The van der Waals surface area contributed by atoms with E-state index in [9.17, 15) is 14.4 Å². The molecule has 0 unspecified atom stereocenters. The maximum Gasteiger partial charge on any atom is 0.339 e. The van der Waals surface area contributed by atoms with Crippen molar-refractivity contribution in [3.63, 3.8) is 0 Å². The fourth-order valence-corrected chi connectivity index (χ4v) is 8.53. The van der Waals surface area contributed by atoms with E-state index in [-0.39, 0.29) is 31.6 Å². The molecule has 8 rings (SSSR count). The first-order chi connectivity index (χ1) is 29.8. The van der Waals surface area contributed by atoms with Crippen molar-refractivity contribution in [1.82, 2.24) is 9.97 Å². The SMILES string of the molecule is C.NNc1nc(-c2ccccc2Cl)cs1.O=C(OC1CCCCC1)c1ccccc1/C=N/Nc1nc(-c2ccccc2Cl)cs1.O=Cc1ccccc1C(=O)OC1CCCCC1. The Balaban J connectivity index is 0.000000192. The van der Waals surface area contributed by atoms with Gasteiger partial charge in [-0.05, 0) is 75.6 Å². The van der Waals surface area contributed by atoms with Crippen LogP contribution in [0.25, 0.3) is 22.5 Å². The van der Waals surface area contributed by atoms with E-state index in [4.69, 9.17) is 38.5 Å². The first kappa shape index (κ1) is 47.6. The average molecular weight is 914 g/mol. The highest BCUT2D eigenvalue weighted by Gasteiger charge is 2.21. The lowest BCUT2D eigenvalue weighted by Crippen LogP contribution is -2.21. The van der Waals surface area contributed by atoms with Crippen LogP contribution < -0.4 is 16.7 Å². The maximum absolute atomic E-state index is 12.6. The van der Waals surface area contributed by atoms with E-state index in [0.29, 0.717) is 48.8 Å². The molecule has 324 valence electrons. The van der Waals surface area contributed by atoms with Gasteiger partial charge in [-0.15, -0.1) is 22.7 Å².